The van der Waals surface area contributed by atoms with Crippen LogP contribution in [0.1, 0.15) is 49.4 Å². The number of aliphatic hydroxyl groups is 1. The topological polar surface area (TPSA) is 60.2 Å². The van der Waals surface area contributed by atoms with Crippen molar-refractivity contribution in [3.8, 4) is 17.0 Å². The maximum atomic E-state index is 14.9. The van der Waals surface area contributed by atoms with E-state index in [-0.39, 0.29) is 18.0 Å². The summed E-state index contributed by atoms with van der Waals surface area (Å²) in [7, 11) is 0. The Morgan fingerprint density at radius 2 is 1.76 bits per heavy atom. The van der Waals surface area contributed by atoms with Crippen molar-refractivity contribution in [2.24, 2.45) is 0 Å². The summed E-state index contributed by atoms with van der Waals surface area (Å²) in [6.45, 7) is 0.444. The fourth-order valence-corrected chi connectivity index (χ4v) is 4.36. The standard InChI is InChI=1S/C25H22F3N3O2/c1-25(2,32)15-9-7-14(8-10-15)18-11-12-19-23(29-18)31-20(13-17(26)22(31)30-19)16-5-3-4-6-21(16)33-24(27)28/h3-12,17,20,24,32H,13H2,1-2H3. The van der Waals surface area contributed by atoms with Gasteiger partial charge in [0.15, 0.2) is 11.8 Å². The van der Waals surface area contributed by atoms with Gasteiger partial charge in [-0.1, -0.05) is 42.5 Å². The highest BCUT2D eigenvalue weighted by atomic mass is 19.3. The van der Waals surface area contributed by atoms with Crippen LogP contribution in [0.2, 0.25) is 0 Å². The van der Waals surface area contributed by atoms with E-state index in [1.165, 1.54) is 6.07 Å². The van der Waals surface area contributed by atoms with Crippen LogP contribution in [0.4, 0.5) is 13.2 Å². The number of nitrogens with zero attached hydrogens (tertiary/aromatic N) is 3. The van der Waals surface area contributed by atoms with Gasteiger partial charge in [-0.2, -0.15) is 8.78 Å². The molecule has 5 nitrogen and oxygen atoms in total. The number of imidazole rings is 1. The number of pyridine rings is 1. The van der Waals surface area contributed by atoms with E-state index < -0.39 is 24.4 Å². The highest BCUT2D eigenvalue weighted by molar-refractivity contribution is 5.77. The van der Waals surface area contributed by atoms with Crippen molar-refractivity contribution in [3.63, 3.8) is 0 Å². The molecule has 4 aromatic rings. The van der Waals surface area contributed by atoms with Crippen molar-refractivity contribution in [2.75, 3.05) is 0 Å². The summed E-state index contributed by atoms with van der Waals surface area (Å²) in [5.41, 5.74) is 2.76. The molecule has 2 aromatic heterocycles. The van der Waals surface area contributed by atoms with E-state index in [0.717, 1.165) is 11.1 Å². The second-order valence-corrected chi connectivity index (χ2v) is 8.65. The van der Waals surface area contributed by atoms with Gasteiger partial charge in [0.1, 0.15) is 17.1 Å². The third kappa shape index (κ3) is 3.84. The van der Waals surface area contributed by atoms with E-state index in [4.69, 9.17) is 9.72 Å². The normalized spacial score (nSPS) is 18.2. The molecule has 0 bridgehead atoms. The van der Waals surface area contributed by atoms with E-state index in [9.17, 15) is 18.3 Å². The summed E-state index contributed by atoms with van der Waals surface area (Å²) in [6, 6.07) is 16.8. The molecule has 1 aliphatic rings. The molecule has 0 spiro atoms. The smallest absolute Gasteiger partial charge is 0.387 e. The zero-order chi connectivity index (χ0) is 23.3. The third-order valence-electron chi connectivity index (χ3n) is 5.97. The Labute approximate surface area is 188 Å². The Hall–Kier alpha value is -3.39. The molecule has 0 amide bonds. The number of rotatable bonds is 5. The fourth-order valence-electron chi connectivity index (χ4n) is 4.36. The molecule has 2 atom stereocenters. The first kappa shape index (κ1) is 21.5. The molecule has 0 saturated carbocycles. The summed E-state index contributed by atoms with van der Waals surface area (Å²) in [5.74, 6) is 0.238. The largest absolute Gasteiger partial charge is 0.434 e. The molecule has 0 aliphatic carbocycles. The molecule has 0 saturated heterocycles. The van der Waals surface area contributed by atoms with Crippen molar-refractivity contribution >= 4 is 11.2 Å². The van der Waals surface area contributed by atoms with Crippen molar-refractivity contribution in [3.05, 3.63) is 77.6 Å². The SMILES string of the molecule is CC(C)(O)c1ccc(-c2ccc3nc4n(c3n2)C(c2ccccc2OC(F)F)CC4F)cc1. The molecule has 170 valence electrons. The van der Waals surface area contributed by atoms with Gasteiger partial charge in [-0.25, -0.2) is 14.4 Å². The van der Waals surface area contributed by atoms with E-state index >= 15 is 0 Å². The second-order valence-electron chi connectivity index (χ2n) is 8.65. The Morgan fingerprint density at radius 3 is 2.45 bits per heavy atom. The van der Waals surface area contributed by atoms with E-state index in [0.29, 0.717) is 22.4 Å². The van der Waals surface area contributed by atoms with Gasteiger partial charge in [-0.3, -0.25) is 0 Å². The first-order valence-corrected chi connectivity index (χ1v) is 10.6. The van der Waals surface area contributed by atoms with Crippen LogP contribution >= 0.6 is 0 Å². The van der Waals surface area contributed by atoms with E-state index in [1.807, 2.05) is 24.3 Å². The molecular weight excluding hydrogens is 431 g/mol. The second kappa shape index (κ2) is 7.88. The summed E-state index contributed by atoms with van der Waals surface area (Å²) >= 11 is 0. The maximum absolute atomic E-state index is 14.9. The van der Waals surface area contributed by atoms with Gasteiger partial charge in [0, 0.05) is 17.5 Å². The Balaban J connectivity index is 1.60. The predicted molar refractivity (Wildman–Crippen MR) is 118 cm³/mol. The van der Waals surface area contributed by atoms with Gasteiger partial charge in [-0.15, -0.1) is 0 Å². The zero-order valence-corrected chi connectivity index (χ0v) is 18.0. The molecule has 3 heterocycles. The predicted octanol–water partition coefficient (Wildman–Crippen LogP) is 5.93. The first-order valence-electron chi connectivity index (χ1n) is 10.6. The number of para-hydroxylation sites is 1. The van der Waals surface area contributed by atoms with Crippen molar-refractivity contribution < 1.29 is 23.0 Å². The number of alkyl halides is 3. The number of halogens is 3. The Bertz CT molecular complexity index is 1310. The first-order chi connectivity index (χ1) is 15.7. The fraction of sp³-hybridized carbons (Fsp3) is 0.280. The van der Waals surface area contributed by atoms with E-state index in [2.05, 4.69) is 4.98 Å². The van der Waals surface area contributed by atoms with Crippen LogP contribution in [0.15, 0.2) is 60.7 Å². The van der Waals surface area contributed by atoms with Crippen LogP contribution in [0.25, 0.3) is 22.4 Å². The van der Waals surface area contributed by atoms with Crippen LogP contribution in [-0.2, 0) is 5.60 Å². The minimum atomic E-state index is -2.98. The van der Waals surface area contributed by atoms with Gasteiger partial charge < -0.3 is 14.4 Å². The highest BCUT2D eigenvalue weighted by Gasteiger charge is 2.37. The molecule has 1 aliphatic heterocycles. The number of hydrogen-bond donors (Lipinski definition) is 1. The number of fused-ring (bicyclic) bond motifs is 3. The van der Waals surface area contributed by atoms with Crippen LogP contribution < -0.4 is 4.74 Å². The lowest BCUT2D eigenvalue weighted by molar-refractivity contribution is -0.0507. The summed E-state index contributed by atoms with van der Waals surface area (Å²) in [4.78, 5) is 9.18. The van der Waals surface area contributed by atoms with Crippen LogP contribution in [0.3, 0.4) is 0 Å². The third-order valence-corrected chi connectivity index (χ3v) is 5.97. The van der Waals surface area contributed by atoms with Gasteiger partial charge in [0.25, 0.3) is 0 Å². The lowest BCUT2D eigenvalue weighted by Crippen LogP contribution is -2.14. The average molecular weight is 453 g/mol. The zero-order valence-electron chi connectivity index (χ0n) is 18.0. The van der Waals surface area contributed by atoms with Gasteiger partial charge in [-0.05, 0) is 37.6 Å². The molecule has 8 heteroatoms. The minimum Gasteiger partial charge on any atom is -0.434 e. The Morgan fingerprint density at radius 1 is 1.03 bits per heavy atom. The Kier molecular flexibility index (Phi) is 5.12. The minimum absolute atomic E-state index is 0.0118. The number of ether oxygens (including phenoxy) is 1. The van der Waals surface area contributed by atoms with Gasteiger partial charge in [0.2, 0.25) is 0 Å². The quantitative estimate of drug-likeness (QED) is 0.407. The number of aromatic nitrogens is 3. The monoisotopic (exact) mass is 453 g/mol. The molecule has 33 heavy (non-hydrogen) atoms. The number of benzene rings is 2. The molecule has 2 aromatic carbocycles. The van der Waals surface area contributed by atoms with Crippen LogP contribution in [0, 0.1) is 0 Å². The van der Waals surface area contributed by atoms with Gasteiger partial charge in [0.05, 0.1) is 17.3 Å². The maximum Gasteiger partial charge on any atom is 0.387 e. The van der Waals surface area contributed by atoms with Gasteiger partial charge >= 0.3 is 6.61 Å². The number of hydrogen-bond acceptors (Lipinski definition) is 4. The van der Waals surface area contributed by atoms with Crippen molar-refractivity contribution in [2.45, 2.75) is 44.7 Å². The molecule has 2 unspecified atom stereocenters. The average Bonchev–Trinajstić information content (AvgIpc) is 3.30. The van der Waals surface area contributed by atoms with Crippen LogP contribution in [-0.4, -0.2) is 26.3 Å². The summed E-state index contributed by atoms with van der Waals surface area (Å²) < 4.78 is 47.2. The molecule has 0 radical (unpaired) electrons. The summed E-state index contributed by atoms with van der Waals surface area (Å²) in [5, 5.41) is 10.2. The molecule has 5 rings (SSSR count). The van der Waals surface area contributed by atoms with Crippen LogP contribution in [0.5, 0.6) is 5.75 Å². The highest BCUT2D eigenvalue weighted by Crippen LogP contribution is 2.45. The molecule has 0 fully saturated rings. The molecule has 1 N–H and O–H groups in total. The molecular formula is C25H22F3N3O2. The lowest BCUT2D eigenvalue weighted by atomic mass is 9.97. The lowest BCUT2D eigenvalue weighted by Gasteiger charge is -2.19. The van der Waals surface area contributed by atoms with E-state index in [1.54, 1.807) is 48.7 Å². The summed E-state index contributed by atoms with van der Waals surface area (Å²) in [6.07, 6.45) is -1.29. The van der Waals surface area contributed by atoms with Crippen molar-refractivity contribution in [1.82, 2.24) is 14.5 Å². The van der Waals surface area contributed by atoms with Crippen molar-refractivity contribution in [1.29, 1.82) is 0 Å².